The van der Waals surface area contributed by atoms with Gasteiger partial charge in [-0.25, -0.2) is 4.39 Å². The number of H-pyrrole nitrogens is 1. The van der Waals surface area contributed by atoms with Gasteiger partial charge in [0, 0.05) is 36.6 Å². The molecule has 0 aliphatic carbocycles. The molecule has 1 fully saturated rings. The smallest absolute Gasteiger partial charge is 0.222 e. The number of carbonyl (C=O) groups excluding carboxylic acids is 1. The number of fused-ring (bicyclic) bond motifs is 2. The first-order valence-corrected chi connectivity index (χ1v) is 12.0. The Morgan fingerprint density at radius 2 is 1.84 bits per heavy atom. The summed E-state index contributed by atoms with van der Waals surface area (Å²) in [4.78, 5) is 20.5. The van der Waals surface area contributed by atoms with Crippen LogP contribution in [0.25, 0.3) is 10.9 Å². The van der Waals surface area contributed by atoms with Crippen LogP contribution in [0.2, 0.25) is 0 Å². The van der Waals surface area contributed by atoms with Gasteiger partial charge in [0.2, 0.25) is 5.91 Å². The van der Waals surface area contributed by atoms with Crippen molar-refractivity contribution in [3.05, 3.63) is 71.2 Å². The predicted molar refractivity (Wildman–Crippen MR) is 126 cm³/mol. The topological polar surface area (TPSA) is 39.3 Å². The summed E-state index contributed by atoms with van der Waals surface area (Å²) in [6.45, 7) is 4.82. The first-order chi connectivity index (χ1) is 15.7. The van der Waals surface area contributed by atoms with Crippen molar-refractivity contribution >= 4 is 16.8 Å². The van der Waals surface area contributed by atoms with Gasteiger partial charge in [0.1, 0.15) is 5.82 Å². The van der Waals surface area contributed by atoms with Crippen LogP contribution in [0.1, 0.15) is 54.7 Å². The van der Waals surface area contributed by atoms with Gasteiger partial charge in [0.05, 0.1) is 0 Å². The number of amides is 1. The molecule has 0 bridgehead atoms. The molecule has 5 heteroatoms. The van der Waals surface area contributed by atoms with Gasteiger partial charge in [-0.1, -0.05) is 24.3 Å². The van der Waals surface area contributed by atoms with E-state index < -0.39 is 0 Å². The number of carbonyl (C=O) groups is 1. The Hall–Kier alpha value is -2.66. The molecule has 3 aromatic rings. The number of halogens is 1. The van der Waals surface area contributed by atoms with Crippen LogP contribution in [0.5, 0.6) is 0 Å². The van der Waals surface area contributed by atoms with E-state index >= 15 is 0 Å². The molecule has 0 saturated carbocycles. The largest absolute Gasteiger partial charge is 0.361 e. The van der Waals surface area contributed by atoms with Crippen LogP contribution in [0.3, 0.4) is 0 Å². The van der Waals surface area contributed by atoms with E-state index in [4.69, 9.17) is 0 Å². The van der Waals surface area contributed by atoms with Crippen molar-refractivity contribution in [2.24, 2.45) is 0 Å². The number of aromatic nitrogens is 1. The lowest BCUT2D eigenvalue weighted by Crippen LogP contribution is -2.36. The van der Waals surface area contributed by atoms with Crippen molar-refractivity contribution in [3.63, 3.8) is 0 Å². The summed E-state index contributed by atoms with van der Waals surface area (Å²) in [5.74, 6) is 0.620. The van der Waals surface area contributed by atoms with Crippen LogP contribution >= 0.6 is 0 Å². The Balaban J connectivity index is 1.04. The number of hydrogen-bond donors (Lipinski definition) is 1. The molecular formula is C27H32FN3O. The van der Waals surface area contributed by atoms with E-state index in [-0.39, 0.29) is 5.82 Å². The zero-order chi connectivity index (χ0) is 21.9. The minimum Gasteiger partial charge on any atom is -0.361 e. The van der Waals surface area contributed by atoms with Gasteiger partial charge < -0.3 is 14.8 Å². The van der Waals surface area contributed by atoms with Gasteiger partial charge in [-0.2, -0.15) is 0 Å². The second kappa shape index (κ2) is 9.45. The van der Waals surface area contributed by atoms with Gasteiger partial charge in [-0.3, -0.25) is 4.79 Å². The van der Waals surface area contributed by atoms with Gasteiger partial charge >= 0.3 is 0 Å². The number of aromatic amines is 1. The first-order valence-electron chi connectivity index (χ1n) is 12.0. The van der Waals surface area contributed by atoms with Crippen molar-refractivity contribution in [2.75, 3.05) is 26.2 Å². The summed E-state index contributed by atoms with van der Waals surface area (Å²) >= 11 is 0. The van der Waals surface area contributed by atoms with Gasteiger partial charge in [-0.15, -0.1) is 0 Å². The first kappa shape index (κ1) is 21.2. The molecule has 2 aliphatic rings. The van der Waals surface area contributed by atoms with Crippen LogP contribution in [0.15, 0.2) is 48.7 Å². The maximum atomic E-state index is 13.7. The van der Waals surface area contributed by atoms with Crippen LogP contribution < -0.4 is 0 Å². The molecule has 0 radical (unpaired) electrons. The fraction of sp³-hybridized carbons (Fsp3) is 0.444. The lowest BCUT2D eigenvalue weighted by atomic mass is 9.89. The van der Waals surface area contributed by atoms with Crippen LogP contribution in [-0.2, 0) is 17.8 Å². The summed E-state index contributed by atoms with van der Waals surface area (Å²) in [6, 6.07) is 13.5. The van der Waals surface area contributed by atoms with Crippen LogP contribution in [0.4, 0.5) is 4.39 Å². The number of rotatable bonds is 6. The van der Waals surface area contributed by atoms with Crippen molar-refractivity contribution in [1.29, 1.82) is 0 Å². The van der Waals surface area contributed by atoms with Gasteiger partial charge in [-0.05, 0) is 92.5 Å². The van der Waals surface area contributed by atoms with E-state index in [0.29, 0.717) is 18.2 Å². The normalized spacial score (nSPS) is 17.6. The molecule has 0 atom stereocenters. The SMILES string of the molecule is O=C(CCCCN1CCC(c2c[nH]c3ccc(F)cc23)CC1)N1CCc2ccccc2C1. The Kier molecular flexibility index (Phi) is 6.26. The van der Waals surface area contributed by atoms with E-state index in [0.717, 1.165) is 75.7 Å². The average Bonchev–Trinajstić information content (AvgIpc) is 3.25. The molecule has 1 saturated heterocycles. The standard InChI is InChI=1S/C27H32FN3O/c28-23-8-9-26-24(17-23)25(18-29-26)21-10-14-30(15-11-21)13-4-3-7-27(32)31-16-12-20-5-1-2-6-22(20)19-31/h1-2,5-6,8-9,17-18,21,29H,3-4,7,10-16,19H2. The van der Waals surface area contributed by atoms with E-state index in [1.165, 1.54) is 22.8 Å². The summed E-state index contributed by atoms with van der Waals surface area (Å²) in [5.41, 5.74) is 4.96. The highest BCUT2D eigenvalue weighted by Crippen LogP contribution is 2.33. The molecule has 5 rings (SSSR count). The van der Waals surface area contributed by atoms with Crippen LogP contribution in [0, 0.1) is 5.82 Å². The fourth-order valence-electron chi connectivity index (χ4n) is 5.40. The third kappa shape index (κ3) is 4.58. The van der Waals surface area contributed by atoms with Gasteiger partial charge in [0.15, 0.2) is 0 Å². The summed E-state index contributed by atoms with van der Waals surface area (Å²) < 4.78 is 13.7. The average molecular weight is 434 g/mol. The highest BCUT2D eigenvalue weighted by atomic mass is 19.1. The maximum Gasteiger partial charge on any atom is 0.222 e. The zero-order valence-corrected chi connectivity index (χ0v) is 18.7. The second-order valence-corrected chi connectivity index (χ2v) is 9.34. The molecule has 2 aliphatic heterocycles. The Morgan fingerprint density at radius 3 is 2.69 bits per heavy atom. The second-order valence-electron chi connectivity index (χ2n) is 9.34. The minimum absolute atomic E-state index is 0.168. The van der Waals surface area contributed by atoms with Crippen molar-refractivity contribution < 1.29 is 9.18 Å². The number of nitrogens with one attached hydrogen (secondary N) is 1. The summed E-state index contributed by atoms with van der Waals surface area (Å²) in [7, 11) is 0. The predicted octanol–water partition coefficient (Wildman–Crippen LogP) is 5.24. The Labute approximate surface area is 189 Å². The number of benzene rings is 2. The molecule has 4 nitrogen and oxygen atoms in total. The molecule has 1 aromatic heterocycles. The summed E-state index contributed by atoms with van der Waals surface area (Å²) in [5, 5.41) is 1.03. The molecule has 1 amide bonds. The van der Waals surface area contributed by atoms with E-state index in [9.17, 15) is 9.18 Å². The van der Waals surface area contributed by atoms with E-state index in [1.807, 2.05) is 11.0 Å². The third-order valence-electron chi connectivity index (χ3n) is 7.30. The number of hydrogen-bond acceptors (Lipinski definition) is 2. The van der Waals surface area contributed by atoms with Gasteiger partial charge in [0.25, 0.3) is 0 Å². The monoisotopic (exact) mass is 433 g/mol. The zero-order valence-electron chi connectivity index (χ0n) is 18.7. The number of nitrogens with zero attached hydrogens (tertiary/aromatic N) is 2. The minimum atomic E-state index is -0.168. The maximum absolute atomic E-state index is 13.7. The molecule has 32 heavy (non-hydrogen) atoms. The third-order valence-corrected chi connectivity index (χ3v) is 7.30. The van der Waals surface area contributed by atoms with Crippen molar-refractivity contribution in [1.82, 2.24) is 14.8 Å². The van der Waals surface area contributed by atoms with E-state index in [1.54, 1.807) is 6.07 Å². The van der Waals surface area contributed by atoms with E-state index in [2.05, 4.69) is 40.3 Å². The summed E-state index contributed by atoms with van der Waals surface area (Å²) in [6.07, 6.45) is 7.93. The van der Waals surface area contributed by atoms with Crippen molar-refractivity contribution in [2.45, 2.75) is 51.0 Å². The quantitative estimate of drug-likeness (QED) is 0.540. The Morgan fingerprint density at radius 1 is 1.03 bits per heavy atom. The molecule has 0 unspecified atom stereocenters. The lowest BCUT2D eigenvalue weighted by molar-refractivity contribution is -0.132. The molecular weight excluding hydrogens is 401 g/mol. The molecule has 3 heterocycles. The molecule has 168 valence electrons. The highest BCUT2D eigenvalue weighted by molar-refractivity contribution is 5.83. The highest BCUT2D eigenvalue weighted by Gasteiger charge is 2.23. The van der Waals surface area contributed by atoms with Crippen LogP contribution in [-0.4, -0.2) is 46.9 Å². The van der Waals surface area contributed by atoms with Crippen molar-refractivity contribution in [3.8, 4) is 0 Å². The number of piperidine rings is 1. The number of unbranched alkanes of at least 4 members (excludes halogenated alkanes) is 1. The Bertz CT molecular complexity index is 1080. The lowest BCUT2D eigenvalue weighted by Gasteiger charge is -2.32. The number of likely N-dealkylation sites (tertiary alicyclic amines) is 1. The molecule has 1 N–H and O–H groups in total. The molecule has 2 aromatic carbocycles. The fourth-order valence-corrected chi connectivity index (χ4v) is 5.40. The molecule has 0 spiro atoms.